The van der Waals surface area contributed by atoms with Crippen LogP contribution in [0.25, 0.3) is 21.5 Å². The van der Waals surface area contributed by atoms with Crippen LogP contribution in [0.4, 0.5) is 16.2 Å². The predicted molar refractivity (Wildman–Crippen MR) is 164 cm³/mol. The number of anilines is 2. The van der Waals surface area contributed by atoms with Crippen molar-refractivity contribution in [2.45, 2.75) is 19.6 Å². The van der Waals surface area contributed by atoms with Crippen LogP contribution in [0, 0.1) is 0 Å². The van der Waals surface area contributed by atoms with Crippen LogP contribution in [-0.2, 0) is 19.7 Å². The summed E-state index contributed by atoms with van der Waals surface area (Å²) in [6, 6.07) is 36.0. The summed E-state index contributed by atoms with van der Waals surface area (Å²) in [5.41, 5.74) is 0.515. The van der Waals surface area contributed by atoms with Gasteiger partial charge in [0.15, 0.2) is 0 Å². The molecule has 0 unspecified atom stereocenters. The number of benzene rings is 6. The Bertz CT molecular complexity index is 2040. The molecule has 0 aliphatic carbocycles. The number of urea groups is 1. The second-order valence-electron chi connectivity index (χ2n) is 9.60. The van der Waals surface area contributed by atoms with Crippen LogP contribution in [0.1, 0.15) is 0 Å². The van der Waals surface area contributed by atoms with E-state index in [1.54, 1.807) is 72.8 Å². The van der Waals surface area contributed by atoms with Crippen molar-refractivity contribution in [1.82, 2.24) is 0 Å². The molecule has 0 aliphatic rings. The predicted octanol–water partition coefficient (Wildman–Crippen LogP) is 7.30. The van der Waals surface area contributed by atoms with Crippen LogP contribution >= 0.6 is 0 Å². The van der Waals surface area contributed by atoms with E-state index in [1.165, 1.54) is 24.3 Å². The van der Waals surface area contributed by atoms with Crippen molar-refractivity contribution in [2.24, 2.45) is 0 Å². The molecule has 0 fully saturated rings. The number of amides is 2. The van der Waals surface area contributed by atoms with E-state index < -0.39 is 25.7 Å². The third kappa shape index (κ3) is 5.11. The normalized spacial score (nSPS) is 11.8. The van der Waals surface area contributed by atoms with E-state index in [9.17, 15) is 21.6 Å². The Kier molecular flexibility index (Phi) is 6.97. The van der Waals surface area contributed by atoms with Crippen LogP contribution in [0.2, 0.25) is 0 Å². The molecule has 0 saturated carbocycles. The van der Waals surface area contributed by atoms with Gasteiger partial charge in [0.2, 0.25) is 19.7 Å². The Morgan fingerprint density at radius 1 is 0.452 bits per heavy atom. The van der Waals surface area contributed by atoms with Gasteiger partial charge >= 0.3 is 6.03 Å². The molecule has 7 nitrogen and oxygen atoms in total. The molecular formula is C33H24N2O5S2. The van der Waals surface area contributed by atoms with Gasteiger partial charge in [-0.2, -0.15) is 0 Å². The largest absolute Gasteiger partial charge is 0.323 e. The minimum Gasteiger partial charge on any atom is -0.308 e. The molecule has 0 atom stereocenters. The van der Waals surface area contributed by atoms with Crippen LogP contribution in [-0.4, -0.2) is 22.9 Å². The fourth-order valence-electron chi connectivity index (χ4n) is 4.89. The van der Waals surface area contributed by atoms with Gasteiger partial charge in [0.25, 0.3) is 0 Å². The maximum atomic E-state index is 13.5. The van der Waals surface area contributed by atoms with Gasteiger partial charge in [-0.3, -0.25) is 0 Å². The summed E-state index contributed by atoms with van der Waals surface area (Å²) in [6.45, 7) is 0. The summed E-state index contributed by atoms with van der Waals surface area (Å²) in [5, 5.41) is 8.10. The summed E-state index contributed by atoms with van der Waals surface area (Å²) in [7, 11) is -7.77. The monoisotopic (exact) mass is 592 g/mol. The first kappa shape index (κ1) is 27.2. The molecule has 42 heavy (non-hydrogen) atoms. The van der Waals surface area contributed by atoms with Gasteiger partial charge in [0.05, 0.1) is 19.6 Å². The number of hydrogen-bond donors (Lipinski definition) is 2. The second kappa shape index (κ2) is 10.8. The Morgan fingerprint density at radius 3 is 1.29 bits per heavy atom. The molecule has 0 bridgehead atoms. The van der Waals surface area contributed by atoms with Crippen LogP contribution < -0.4 is 10.6 Å². The lowest BCUT2D eigenvalue weighted by Gasteiger charge is -2.12. The summed E-state index contributed by atoms with van der Waals surface area (Å²) >= 11 is 0. The summed E-state index contributed by atoms with van der Waals surface area (Å²) in [4.78, 5) is 13.3. The molecule has 2 amide bonds. The van der Waals surface area contributed by atoms with Crippen LogP contribution in [0.5, 0.6) is 0 Å². The van der Waals surface area contributed by atoms with Crippen molar-refractivity contribution >= 4 is 58.6 Å². The van der Waals surface area contributed by atoms with Crippen LogP contribution in [0.15, 0.2) is 153 Å². The molecule has 0 spiro atoms. The van der Waals surface area contributed by atoms with Crippen molar-refractivity contribution in [2.75, 3.05) is 10.6 Å². The average Bonchev–Trinajstić information content (AvgIpc) is 3.00. The molecular weight excluding hydrogens is 569 g/mol. The molecule has 0 aromatic heterocycles. The van der Waals surface area contributed by atoms with E-state index in [1.807, 2.05) is 36.4 Å². The van der Waals surface area contributed by atoms with E-state index in [-0.39, 0.29) is 31.0 Å². The van der Waals surface area contributed by atoms with Gasteiger partial charge < -0.3 is 10.6 Å². The summed E-state index contributed by atoms with van der Waals surface area (Å²) in [5.74, 6) is 0. The van der Waals surface area contributed by atoms with E-state index >= 15 is 0 Å². The number of carbonyl (C=O) groups is 1. The van der Waals surface area contributed by atoms with E-state index in [4.69, 9.17) is 0 Å². The maximum Gasteiger partial charge on any atom is 0.323 e. The quantitative estimate of drug-likeness (QED) is 0.211. The molecule has 6 rings (SSSR count). The van der Waals surface area contributed by atoms with Crippen molar-refractivity contribution < 1.29 is 21.6 Å². The molecule has 0 aliphatic heterocycles. The van der Waals surface area contributed by atoms with Crippen molar-refractivity contribution in [3.63, 3.8) is 0 Å². The standard InChI is InChI=1S/C33H24N2O5S2/c36-33(34-25-13-7-15-27(21-25)41(37,38)31-19-5-11-23-9-1-3-17-29(23)31)35-26-14-8-16-28(22-26)42(39,40)32-20-6-12-24-10-2-4-18-30(24)32/h1-22H,(H2,34,35,36). The summed E-state index contributed by atoms with van der Waals surface area (Å²) in [6.07, 6.45) is 0. The number of nitrogens with one attached hydrogen (secondary N) is 2. The molecule has 6 aromatic carbocycles. The highest BCUT2D eigenvalue weighted by molar-refractivity contribution is 7.92. The molecule has 2 N–H and O–H groups in total. The Labute approximate surface area is 243 Å². The fourth-order valence-corrected chi connectivity index (χ4v) is 7.94. The number of sulfone groups is 2. The zero-order valence-electron chi connectivity index (χ0n) is 22.1. The first-order valence-corrected chi connectivity index (χ1v) is 15.9. The highest BCUT2D eigenvalue weighted by Gasteiger charge is 2.22. The molecule has 6 aromatic rings. The highest BCUT2D eigenvalue weighted by atomic mass is 32.2. The van der Waals surface area contributed by atoms with Gasteiger partial charge in [-0.25, -0.2) is 21.6 Å². The van der Waals surface area contributed by atoms with E-state index in [2.05, 4.69) is 10.6 Å². The highest BCUT2D eigenvalue weighted by Crippen LogP contribution is 2.31. The molecule has 9 heteroatoms. The van der Waals surface area contributed by atoms with E-state index in [0.29, 0.717) is 10.8 Å². The van der Waals surface area contributed by atoms with Crippen LogP contribution in [0.3, 0.4) is 0 Å². The van der Waals surface area contributed by atoms with Gasteiger partial charge in [-0.15, -0.1) is 0 Å². The average molecular weight is 593 g/mol. The topological polar surface area (TPSA) is 109 Å². The van der Waals surface area contributed by atoms with Gasteiger partial charge in [0, 0.05) is 22.1 Å². The van der Waals surface area contributed by atoms with Crippen molar-refractivity contribution in [1.29, 1.82) is 0 Å². The third-order valence-electron chi connectivity index (χ3n) is 6.88. The fraction of sp³-hybridized carbons (Fsp3) is 0. The van der Waals surface area contributed by atoms with Crippen molar-refractivity contribution in [3.8, 4) is 0 Å². The Morgan fingerprint density at radius 2 is 0.833 bits per heavy atom. The Balaban J connectivity index is 1.24. The Hall–Kier alpha value is -4.99. The number of rotatable bonds is 6. The smallest absolute Gasteiger partial charge is 0.308 e. The second-order valence-corrected chi connectivity index (χ2v) is 13.4. The zero-order valence-corrected chi connectivity index (χ0v) is 23.7. The molecule has 208 valence electrons. The zero-order chi connectivity index (χ0) is 29.3. The maximum absolute atomic E-state index is 13.5. The molecule has 0 radical (unpaired) electrons. The molecule has 0 saturated heterocycles. The molecule has 0 heterocycles. The SMILES string of the molecule is O=C(Nc1cccc(S(=O)(=O)c2cccc3ccccc23)c1)Nc1cccc(S(=O)(=O)c2cccc3ccccc23)c1. The number of carbonyl (C=O) groups excluding carboxylic acids is 1. The summed E-state index contributed by atoms with van der Waals surface area (Å²) < 4.78 is 54.1. The number of fused-ring (bicyclic) bond motifs is 2. The van der Waals surface area contributed by atoms with Gasteiger partial charge in [0.1, 0.15) is 0 Å². The lowest BCUT2D eigenvalue weighted by Crippen LogP contribution is -2.19. The van der Waals surface area contributed by atoms with Gasteiger partial charge in [-0.05, 0) is 59.3 Å². The number of hydrogen-bond acceptors (Lipinski definition) is 5. The minimum absolute atomic E-state index is 0.0276. The lowest BCUT2D eigenvalue weighted by molar-refractivity contribution is 0.262. The third-order valence-corrected chi connectivity index (χ3v) is 10.5. The minimum atomic E-state index is -3.89. The van der Waals surface area contributed by atoms with Crippen molar-refractivity contribution in [3.05, 3.63) is 133 Å². The van der Waals surface area contributed by atoms with Gasteiger partial charge in [-0.1, -0.05) is 84.9 Å². The lowest BCUT2D eigenvalue weighted by atomic mass is 10.1. The van der Waals surface area contributed by atoms with E-state index in [0.717, 1.165) is 10.8 Å². The first-order valence-electron chi connectivity index (χ1n) is 13.0. The first-order chi connectivity index (χ1) is 20.2.